The van der Waals surface area contributed by atoms with E-state index in [9.17, 15) is 9.59 Å². The molecule has 1 aromatic rings. The molecule has 0 saturated carbocycles. The molecule has 24 heavy (non-hydrogen) atoms. The fourth-order valence-corrected chi connectivity index (χ4v) is 3.18. The lowest BCUT2D eigenvalue weighted by molar-refractivity contribution is -0.121. The topological polar surface area (TPSA) is 70.6 Å². The number of hydrogen-bond donors (Lipinski definition) is 2. The van der Waals surface area contributed by atoms with E-state index in [0.717, 1.165) is 53.9 Å². The molecule has 1 heterocycles. The summed E-state index contributed by atoms with van der Waals surface area (Å²) in [5, 5.41) is 7.55. The van der Waals surface area contributed by atoms with Gasteiger partial charge in [-0.05, 0) is 37.0 Å². The molecular formula is C19H23N3O2. The molecular weight excluding hydrogens is 302 g/mol. The van der Waals surface area contributed by atoms with Crippen molar-refractivity contribution in [3.8, 4) is 0 Å². The van der Waals surface area contributed by atoms with Gasteiger partial charge in [0.15, 0.2) is 5.78 Å². The van der Waals surface area contributed by atoms with E-state index in [1.165, 1.54) is 0 Å². The van der Waals surface area contributed by atoms with Crippen molar-refractivity contribution >= 4 is 23.1 Å². The van der Waals surface area contributed by atoms with Crippen LogP contribution < -0.4 is 10.7 Å². The lowest BCUT2D eigenvalue weighted by Gasteiger charge is -2.21. The zero-order valence-corrected chi connectivity index (χ0v) is 14.0. The maximum atomic E-state index is 12.1. The average Bonchev–Trinajstić information content (AvgIpc) is 2.59. The number of ketones is 1. The van der Waals surface area contributed by atoms with Crippen molar-refractivity contribution in [1.82, 2.24) is 5.43 Å². The van der Waals surface area contributed by atoms with Gasteiger partial charge in [-0.15, -0.1) is 0 Å². The van der Waals surface area contributed by atoms with Crippen LogP contribution in [-0.4, -0.2) is 17.4 Å². The smallest absolute Gasteiger partial charge is 0.240 e. The summed E-state index contributed by atoms with van der Waals surface area (Å²) in [6.07, 6.45) is 5.50. The van der Waals surface area contributed by atoms with Crippen LogP contribution in [-0.2, 0) is 9.59 Å². The average molecular weight is 325 g/mol. The molecule has 0 fully saturated rings. The monoisotopic (exact) mass is 325 g/mol. The summed E-state index contributed by atoms with van der Waals surface area (Å²) in [6, 6.07) is 8.01. The van der Waals surface area contributed by atoms with Crippen molar-refractivity contribution in [1.29, 1.82) is 0 Å². The van der Waals surface area contributed by atoms with E-state index in [-0.39, 0.29) is 11.7 Å². The molecule has 0 aromatic heterocycles. The predicted molar refractivity (Wildman–Crippen MR) is 94.8 cm³/mol. The highest BCUT2D eigenvalue weighted by molar-refractivity contribution is 6.04. The van der Waals surface area contributed by atoms with Crippen LogP contribution in [0.5, 0.6) is 0 Å². The minimum absolute atomic E-state index is 0.0330. The number of amides is 1. The third-order valence-electron chi connectivity index (χ3n) is 4.45. The molecule has 0 unspecified atom stereocenters. The minimum atomic E-state index is -0.0330. The maximum Gasteiger partial charge on any atom is 0.240 e. The number of benzene rings is 1. The first-order valence-corrected chi connectivity index (χ1v) is 8.65. The van der Waals surface area contributed by atoms with Gasteiger partial charge in [0.2, 0.25) is 5.91 Å². The Balaban J connectivity index is 1.75. The normalized spacial score (nSPS) is 18.3. The quantitative estimate of drug-likeness (QED) is 0.870. The van der Waals surface area contributed by atoms with E-state index in [1.807, 2.05) is 24.3 Å². The van der Waals surface area contributed by atoms with E-state index in [0.29, 0.717) is 19.3 Å². The van der Waals surface area contributed by atoms with Crippen LogP contribution in [0.15, 0.2) is 40.6 Å². The number of anilines is 1. The standard InChI is InChI=1S/C19H23N3O2/c1-2-4-15-17(5-3-6-18(15)23)20-14-9-7-13(8-10-14)16-11-12-19(24)22-21-16/h7-10,20H,2-6,11-12H2,1H3,(H,22,24). The van der Waals surface area contributed by atoms with E-state index in [2.05, 4.69) is 22.8 Å². The van der Waals surface area contributed by atoms with Gasteiger partial charge in [0.25, 0.3) is 0 Å². The summed E-state index contributed by atoms with van der Waals surface area (Å²) in [7, 11) is 0. The van der Waals surface area contributed by atoms with Crippen molar-refractivity contribution in [2.45, 2.75) is 51.9 Å². The zero-order chi connectivity index (χ0) is 16.9. The number of carbonyl (C=O) groups excluding carboxylic acids is 2. The number of hydrazone groups is 1. The lowest BCUT2D eigenvalue weighted by atomic mass is 9.92. The van der Waals surface area contributed by atoms with Crippen LogP contribution in [0.3, 0.4) is 0 Å². The van der Waals surface area contributed by atoms with Crippen LogP contribution >= 0.6 is 0 Å². The third kappa shape index (κ3) is 3.72. The molecule has 2 aliphatic rings. The highest BCUT2D eigenvalue weighted by Crippen LogP contribution is 2.27. The lowest BCUT2D eigenvalue weighted by Crippen LogP contribution is -2.25. The van der Waals surface area contributed by atoms with Gasteiger partial charge >= 0.3 is 0 Å². The maximum absolute atomic E-state index is 12.1. The molecule has 1 aliphatic carbocycles. The fraction of sp³-hybridized carbons (Fsp3) is 0.421. The largest absolute Gasteiger partial charge is 0.359 e. The molecule has 126 valence electrons. The van der Waals surface area contributed by atoms with Crippen LogP contribution in [0.25, 0.3) is 0 Å². The van der Waals surface area contributed by atoms with E-state index < -0.39 is 0 Å². The molecule has 0 saturated heterocycles. The van der Waals surface area contributed by atoms with Crippen molar-refractivity contribution in [2.24, 2.45) is 5.10 Å². The summed E-state index contributed by atoms with van der Waals surface area (Å²) >= 11 is 0. The van der Waals surface area contributed by atoms with Crippen LogP contribution in [0.4, 0.5) is 5.69 Å². The van der Waals surface area contributed by atoms with Crippen molar-refractivity contribution in [2.75, 3.05) is 5.32 Å². The third-order valence-corrected chi connectivity index (χ3v) is 4.45. The molecule has 1 aromatic carbocycles. The molecule has 3 rings (SSSR count). The van der Waals surface area contributed by atoms with Gasteiger partial charge in [-0.1, -0.05) is 25.5 Å². The highest BCUT2D eigenvalue weighted by Gasteiger charge is 2.20. The van der Waals surface area contributed by atoms with Gasteiger partial charge in [0.1, 0.15) is 0 Å². The number of nitrogens with zero attached hydrogens (tertiary/aromatic N) is 1. The van der Waals surface area contributed by atoms with E-state index >= 15 is 0 Å². The molecule has 1 amide bonds. The Labute approximate surface area is 142 Å². The zero-order valence-electron chi connectivity index (χ0n) is 14.0. The Hall–Kier alpha value is -2.43. The first kappa shape index (κ1) is 16.4. The second kappa shape index (κ2) is 7.43. The summed E-state index contributed by atoms with van der Waals surface area (Å²) in [4.78, 5) is 23.3. The van der Waals surface area contributed by atoms with Crippen LogP contribution in [0.1, 0.15) is 57.4 Å². The first-order valence-electron chi connectivity index (χ1n) is 8.65. The SMILES string of the molecule is CCCC1=C(Nc2ccc(C3=NNC(=O)CC3)cc2)CCCC1=O. The van der Waals surface area contributed by atoms with Crippen molar-refractivity contribution in [3.05, 3.63) is 41.1 Å². The summed E-state index contributed by atoms with van der Waals surface area (Å²) in [5.74, 6) is 0.254. The van der Waals surface area contributed by atoms with Crippen LogP contribution in [0.2, 0.25) is 0 Å². The number of carbonyl (C=O) groups is 2. The van der Waals surface area contributed by atoms with Gasteiger partial charge in [0.05, 0.1) is 5.71 Å². The summed E-state index contributed by atoms with van der Waals surface area (Å²) < 4.78 is 0. The Morgan fingerprint density at radius 1 is 1.08 bits per heavy atom. The van der Waals surface area contributed by atoms with E-state index in [1.54, 1.807) is 0 Å². The van der Waals surface area contributed by atoms with Gasteiger partial charge in [0, 0.05) is 36.2 Å². The van der Waals surface area contributed by atoms with Crippen LogP contribution in [0, 0.1) is 0 Å². The Kier molecular flexibility index (Phi) is 5.08. The first-order chi connectivity index (χ1) is 11.7. The Morgan fingerprint density at radius 2 is 1.88 bits per heavy atom. The molecule has 5 nitrogen and oxygen atoms in total. The summed E-state index contributed by atoms with van der Waals surface area (Å²) in [5.41, 5.74) is 7.46. The molecule has 5 heteroatoms. The molecule has 0 atom stereocenters. The molecule has 0 bridgehead atoms. The minimum Gasteiger partial charge on any atom is -0.359 e. The highest BCUT2D eigenvalue weighted by atomic mass is 16.2. The van der Waals surface area contributed by atoms with Crippen molar-refractivity contribution < 1.29 is 9.59 Å². The fourth-order valence-electron chi connectivity index (χ4n) is 3.18. The van der Waals surface area contributed by atoms with E-state index in [4.69, 9.17) is 0 Å². The number of allylic oxidation sites excluding steroid dienone is 2. The van der Waals surface area contributed by atoms with Crippen molar-refractivity contribution in [3.63, 3.8) is 0 Å². The van der Waals surface area contributed by atoms with Gasteiger partial charge in [-0.2, -0.15) is 5.10 Å². The molecule has 2 N–H and O–H groups in total. The summed E-state index contributed by atoms with van der Waals surface area (Å²) in [6.45, 7) is 2.10. The predicted octanol–water partition coefficient (Wildman–Crippen LogP) is 3.52. The van der Waals surface area contributed by atoms with Gasteiger partial charge in [-0.3, -0.25) is 9.59 Å². The Bertz CT molecular complexity index is 702. The second-order valence-corrected chi connectivity index (χ2v) is 6.28. The molecule has 0 spiro atoms. The van der Waals surface area contributed by atoms with Gasteiger partial charge < -0.3 is 5.32 Å². The number of rotatable bonds is 5. The number of nitrogens with one attached hydrogen (secondary N) is 2. The Morgan fingerprint density at radius 3 is 2.54 bits per heavy atom. The second-order valence-electron chi connectivity index (χ2n) is 6.28. The van der Waals surface area contributed by atoms with Gasteiger partial charge in [-0.25, -0.2) is 5.43 Å². The molecule has 0 radical (unpaired) electrons. The number of hydrogen-bond acceptors (Lipinski definition) is 4. The molecule has 1 aliphatic heterocycles. The number of Topliss-reactive ketones (excluding diaryl/α,β-unsaturated/α-hetero) is 1.